The van der Waals surface area contributed by atoms with Gasteiger partial charge in [0.1, 0.15) is 11.3 Å². The molecule has 0 radical (unpaired) electrons. The zero-order chi connectivity index (χ0) is 19.4. The maximum Gasteiger partial charge on any atom is 0.339 e. The van der Waals surface area contributed by atoms with Gasteiger partial charge in [0.05, 0.1) is 10.7 Å². The fraction of sp³-hybridized carbons (Fsp3) is 0.318. The summed E-state index contributed by atoms with van der Waals surface area (Å²) in [5, 5.41) is 2.31. The van der Waals surface area contributed by atoms with E-state index in [4.69, 9.17) is 32.4 Å². The average Bonchev–Trinajstić information content (AvgIpc) is 2.71. The first-order chi connectivity index (χ1) is 13.5. The summed E-state index contributed by atoms with van der Waals surface area (Å²) in [7, 11) is 0. The summed E-state index contributed by atoms with van der Waals surface area (Å²) in [5.74, 6) is 0.792. The number of nitrogens with zero attached hydrogens (tertiary/aromatic N) is 1. The van der Waals surface area contributed by atoms with Gasteiger partial charge in [0.25, 0.3) is 0 Å². The van der Waals surface area contributed by atoms with Crippen LogP contribution in [0.2, 0.25) is 10.0 Å². The van der Waals surface area contributed by atoms with Crippen LogP contribution in [0.25, 0.3) is 11.0 Å². The molecule has 0 spiro atoms. The maximum absolute atomic E-state index is 12.5. The molecule has 3 aromatic rings. The number of anilines is 1. The molecule has 0 N–H and O–H groups in total. The fourth-order valence-electron chi connectivity index (χ4n) is 4.38. The van der Waals surface area contributed by atoms with Crippen molar-refractivity contribution >= 4 is 39.9 Å². The molecule has 2 aromatic carbocycles. The summed E-state index contributed by atoms with van der Waals surface area (Å²) in [6.45, 7) is 2.97. The molecule has 0 bridgehead atoms. The number of rotatable bonds is 1. The minimum atomic E-state index is -0.201. The summed E-state index contributed by atoms with van der Waals surface area (Å²) >= 11 is 12.6. The Morgan fingerprint density at radius 3 is 2.68 bits per heavy atom. The van der Waals surface area contributed by atoms with Crippen LogP contribution in [0.4, 0.5) is 5.69 Å². The molecule has 0 fully saturated rings. The molecule has 28 heavy (non-hydrogen) atoms. The zero-order valence-corrected chi connectivity index (χ0v) is 17.0. The van der Waals surface area contributed by atoms with Crippen LogP contribution in [0.5, 0.6) is 5.75 Å². The quantitative estimate of drug-likeness (QED) is 0.482. The van der Waals surface area contributed by atoms with Gasteiger partial charge in [0.15, 0.2) is 6.73 Å². The van der Waals surface area contributed by atoms with Gasteiger partial charge >= 0.3 is 5.63 Å². The first kappa shape index (κ1) is 17.9. The van der Waals surface area contributed by atoms with E-state index in [9.17, 15) is 4.79 Å². The highest BCUT2D eigenvalue weighted by Crippen LogP contribution is 2.40. The molecule has 1 aliphatic carbocycles. The van der Waals surface area contributed by atoms with E-state index in [0.29, 0.717) is 28.9 Å². The predicted octanol–water partition coefficient (Wildman–Crippen LogP) is 5.64. The molecule has 4 nitrogen and oxygen atoms in total. The third-order valence-corrected chi connectivity index (χ3v) is 6.30. The highest BCUT2D eigenvalue weighted by Gasteiger charge is 2.26. The zero-order valence-electron chi connectivity index (χ0n) is 15.5. The van der Waals surface area contributed by atoms with E-state index >= 15 is 0 Å². The topological polar surface area (TPSA) is 42.7 Å². The number of fused-ring (bicyclic) bond motifs is 4. The Balaban J connectivity index is 1.66. The Morgan fingerprint density at radius 2 is 1.86 bits per heavy atom. The van der Waals surface area contributed by atoms with Crippen LogP contribution in [0, 0.1) is 6.92 Å². The van der Waals surface area contributed by atoms with E-state index in [-0.39, 0.29) is 5.63 Å². The fourth-order valence-corrected chi connectivity index (χ4v) is 4.79. The molecule has 0 amide bonds. The molecular formula is C22H19Cl2NO3. The molecule has 144 valence electrons. The van der Waals surface area contributed by atoms with Crippen LogP contribution in [0.15, 0.2) is 33.5 Å². The van der Waals surface area contributed by atoms with Gasteiger partial charge in [-0.25, -0.2) is 4.79 Å². The van der Waals surface area contributed by atoms with Crippen LogP contribution < -0.4 is 15.3 Å². The number of hydrogen-bond acceptors (Lipinski definition) is 4. The Kier molecular flexibility index (Phi) is 4.29. The van der Waals surface area contributed by atoms with E-state index in [1.54, 1.807) is 12.1 Å². The molecule has 1 aliphatic heterocycles. The van der Waals surface area contributed by atoms with E-state index < -0.39 is 0 Å². The second-order valence-corrected chi connectivity index (χ2v) is 8.33. The Bertz CT molecular complexity index is 1170. The van der Waals surface area contributed by atoms with Crippen LogP contribution in [-0.2, 0) is 19.4 Å². The monoisotopic (exact) mass is 415 g/mol. The maximum atomic E-state index is 12.5. The van der Waals surface area contributed by atoms with Gasteiger partial charge in [-0.3, -0.25) is 0 Å². The second-order valence-electron chi connectivity index (χ2n) is 7.49. The van der Waals surface area contributed by atoms with Crippen molar-refractivity contribution in [2.75, 3.05) is 11.6 Å². The molecular weight excluding hydrogens is 397 g/mol. The molecule has 2 aliphatic rings. The molecule has 0 atom stereocenters. The summed E-state index contributed by atoms with van der Waals surface area (Å²) in [5.41, 5.74) is 5.22. The van der Waals surface area contributed by atoms with Crippen LogP contribution in [0.1, 0.15) is 35.1 Å². The van der Waals surface area contributed by atoms with Crippen LogP contribution in [0.3, 0.4) is 0 Å². The second kappa shape index (κ2) is 6.71. The number of hydrogen-bond donors (Lipinski definition) is 0. The number of ether oxygens (including phenoxy) is 1. The highest BCUT2D eigenvalue weighted by atomic mass is 35.5. The largest absolute Gasteiger partial charge is 0.472 e. The SMILES string of the molecule is Cc1c2c(cc3c4c(c(=O)oc13)CCCC4)CN(c1cc(Cl)ccc1Cl)CO2. The van der Waals surface area contributed by atoms with Crippen LogP contribution >= 0.6 is 23.2 Å². The lowest BCUT2D eigenvalue weighted by molar-refractivity contribution is 0.287. The smallest absolute Gasteiger partial charge is 0.339 e. The molecule has 0 saturated heterocycles. The van der Waals surface area contributed by atoms with Crippen LogP contribution in [-0.4, -0.2) is 6.73 Å². The van der Waals surface area contributed by atoms with Crippen molar-refractivity contribution < 1.29 is 9.15 Å². The van der Waals surface area contributed by atoms with E-state index in [1.807, 2.05) is 13.0 Å². The van der Waals surface area contributed by atoms with Crippen molar-refractivity contribution in [3.8, 4) is 5.75 Å². The number of halogens is 2. The standard InChI is InChI=1S/C22H19Cl2NO3/c1-12-20-13(10-25(11-27-20)19-9-14(23)6-7-18(19)24)8-17-15-4-2-3-5-16(15)22(26)28-21(12)17/h6-9H,2-5,10-11H2,1H3. The Morgan fingerprint density at radius 1 is 1.07 bits per heavy atom. The minimum absolute atomic E-state index is 0.201. The van der Waals surface area contributed by atoms with Gasteiger partial charge < -0.3 is 14.1 Å². The van der Waals surface area contributed by atoms with E-state index in [2.05, 4.69) is 11.0 Å². The minimum Gasteiger partial charge on any atom is -0.472 e. The molecule has 1 aromatic heterocycles. The lowest BCUT2D eigenvalue weighted by Crippen LogP contribution is -2.32. The van der Waals surface area contributed by atoms with Gasteiger partial charge in [0.2, 0.25) is 0 Å². The number of aryl methyl sites for hydroxylation is 2. The van der Waals surface area contributed by atoms with Gasteiger partial charge in [-0.05, 0) is 62.4 Å². The lowest BCUT2D eigenvalue weighted by atomic mass is 9.89. The van der Waals surface area contributed by atoms with Gasteiger partial charge in [-0.1, -0.05) is 23.2 Å². The predicted molar refractivity (Wildman–Crippen MR) is 112 cm³/mol. The van der Waals surface area contributed by atoms with Gasteiger partial charge in [-0.2, -0.15) is 0 Å². The average molecular weight is 416 g/mol. The highest BCUT2D eigenvalue weighted by molar-refractivity contribution is 6.35. The van der Waals surface area contributed by atoms with Crippen molar-refractivity contribution in [2.45, 2.75) is 39.2 Å². The van der Waals surface area contributed by atoms with Crippen molar-refractivity contribution in [1.29, 1.82) is 0 Å². The van der Waals surface area contributed by atoms with Gasteiger partial charge in [-0.15, -0.1) is 0 Å². The molecule has 2 heterocycles. The lowest BCUT2D eigenvalue weighted by Gasteiger charge is -2.32. The summed E-state index contributed by atoms with van der Waals surface area (Å²) in [4.78, 5) is 14.5. The van der Waals surface area contributed by atoms with E-state index in [1.165, 1.54) is 0 Å². The molecule has 5 rings (SSSR count). The van der Waals surface area contributed by atoms with Crippen molar-refractivity contribution in [1.82, 2.24) is 0 Å². The Labute approximate surface area is 172 Å². The molecule has 0 saturated carbocycles. The number of benzene rings is 2. The summed E-state index contributed by atoms with van der Waals surface area (Å²) < 4.78 is 11.8. The van der Waals surface area contributed by atoms with E-state index in [0.717, 1.165) is 64.8 Å². The molecule has 6 heteroatoms. The summed E-state index contributed by atoms with van der Waals surface area (Å²) in [6, 6.07) is 7.55. The Hall–Kier alpha value is -2.17. The van der Waals surface area contributed by atoms with Crippen molar-refractivity contribution in [2.24, 2.45) is 0 Å². The van der Waals surface area contributed by atoms with Crippen molar-refractivity contribution in [3.63, 3.8) is 0 Å². The first-order valence-electron chi connectivity index (χ1n) is 9.47. The van der Waals surface area contributed by atoms with Gasteiger partial charge in [0, 0.05) is 33.6 Å². The normalized spacial score (nSPS) is 15.9. The third-order valence-electron chi connectivity index (χ3n) is 5.74. The third kappa shape index (κ3) is 2.78. The van der Waals surface area contributed by atoms with Crippen molar-refractivity contribution in [3.05, 3.63) is 67.0 Å². The first-order valence-corrected chi connectivity index (χ1v) is 10.2. The molecule has 0 unspecified atom stereocenters. The summed E-state index contributed by atoms with van der Waals surface area (Å²) in [6.07, 6.45) is 3.85.